The normalized spacial score (nSPS) is 17.3. The van der Waals surface area contributed by atoms with Crippen molar-refractivity contribution in [3.05, 3.63) is 35.6 Å². The first kappa shape index (κ1) is 16.5. The van der Waals surface area contributed by atoms with Crippen LogP contribution in [0.15, 0.2) is 29.4 Å². The summed E-state index contributed by atoms with van der Waals surface area (Å²) in [4.78, 5) is 19.4. The molecule has 0 saturated heterocycles. The second-order valence-corrected chi connectivity index (χ2v) is 6.01. The molecule has 1 atom stereocenters. The number of benzene rings is 1. The molecule has 0 radical (unpaired) electrons. The predicted octanol–water partition coefficient (Wildman–Crippen LogP) is 3.21. The molecule has 1 aliphatic rings. The zero-order valence-electron chi connectivity index (χ0n) is 13.4. The lowest BCUT2D eigenvalue weighted by molar-refractivity contribution is -0.133. The van der Waals surface area contributed by atoms with Gasteiger partial charge in [0.05, 0.1) is 12.3 Å². The number of halogens is 1. The molecule has 5 heteroatoms. The largest absolute Gasteiger partial charge is 0.390 e. The van der Waals surface area contributed by atoms with Gasteiger partial charge >= 0.3 is 0 Å². The summed E-state index contributed by atoms with van der Waals surface area (Å²) in [6, 6.07) is 6.33. The van der Waals surface area contributed by atoms with Gasteiger partial charge in [0.15, 0.2) is 6.10 Å². The molecule has 0 aromatic heterocycles. The van der Waals surface area contributed by atoms with E-state index in [1.165, 1.54) is 12.1 Å². The molecule has 22 heavy (non-hydrogen) atoms. The average Bonchev–Trinajstić information content (AvgIpc) is 2.92. The maximum absolute atomic E-state index is 13.3. The van der Waals surface area contributed by atoms with E-state index in [-0.39, 0.29) is 17.8 Å². The Kier molecular flexibility index (Phi) is 5.52. The number of rotatable bonds is 6. The van der Waals surface area contributed by atoms with Crippen LogP contribution in [0.3, 0.4) is 0 Å². The fraction of sp³-hybridized carbons (Fsp3) is 0.529. The molecule has 0 fully saturated rings. The molecule has 1 aromatic rings. The number of hydrogen-bond acceptors (Lipinski definition) is 3. The van der Waals surface area contributed by atoms with Crippen LogP contribution in [0.2, 0.25) is 0 Å². The molecule has 0 N–H and O–H groups in total. The maximum Gasteiger partial charge on any atom is 0.222 e. The lowest BCUT2D eigenvalue weighted by Gasteiger charge is -2.24. The fourth-order valence-corrected chi connectivity index (χ4v) is 2.50. The average molecular weight is 306 g/mol. The Morgan fingerprint density at radius 1 is 1.50 bits per heavy atom. The molecule has 1 aromatic carbocycles. The third-order valence-electron chi connectivity index (χ3n) is 3.63. The lowest BCUT2D eigenvalue weighted by Crippen LogP contribution is -2.38. The summed E-state index contributed by atoms with van der Waals surface area (Å²) >= 11 is 0. The standard InChI is InChI=1S/C17H23FN2O2/c1-4-20(17(21)8-12(2)3)11-15-10-16(19-22-15)13-6-5-7-14(18)9-13/h5-7,9,12,15H,4,8,10-11H2,1-3H3/t15-/m1/s1. The van der Waals surface area contributed by atoms with Gasteiger partial charge in [0.2, 0.25) is 5.91 Å². The van der Waals surface area contributed by atoms with E-state index < -0.39 is 0 Å². The van der Waals surface area contributed by atoms with Gasteiger partial charge < -0.3 is 9.74 Å². The lowest BCUT2D eigenvalue weighted by atomic mass is 10.0. The van der Waals surface area contributed by atoms with Gasteiger partial charge in [0.25, 0.3) is 0 Å². The first-order valence-corrected chi connectivity index (χ1v) is 7.76. The highest BCUT2D eigenvalue weighted by Crippen LogP contribution is 2.19. The SMILES string of the molecule is CCN(C[C@H]1CC(c2cccc(F)c2)=NO1)C(=O)CC(C)C. The number of carbonyl (C=O) groups is 1. The van der Waals surface area contributed by atoms with Crippen molar-refractivity contribution in [3.8, 4) is 0 Å². The molecular formula is C17H23FN2O2. The zero-order chi connectivity index (χ0) is 16.1. The summed E-state index contributed by atoms with van der Waals surface area (Å²) in [6.07, 6.45) is 0.974. The van der Waals surface area contributed by atoms with Crippen molar-refractivity contribution in [1.82, 2.24) is 4.90 Å². The summed E-state index contributed by atoms with van der Waals surface area (Å²) in [5, 5.41) is 4.05. The number of likely N-dealkylation sites (N-methyl/N-ethyl adjacent to an activating group) is 1. The monoisotopic (exact) mass is 306 g/mol. The third-order valence-corrected chi connectivity index (χ3v) is 3.63. The maximum atomic E-state index is 13.3. The summed E-state index contributed by atoms with van der Waals surface area (Å²) in [6.45, 7) is 7.19. The third kappa shape index (κ3) is 4.29. The van der Waals surface area contributed by atoms with Crippen molar-refractivity contribution in [2.45, 2.75) is 39.7 Å². The second-order valence-electron chi connectivity index (χ2n) is 6.01. The van der Waals surface area contributed by atoms with Crippen molar-refractivity contribution < 1.29 is 14.0 Å². The number of carbonyl (C=O) groups excluding carboxylic acids is 1. The van der Waals surface area contributed by atoms with Crippen molar-refractivity contribution in [3.63, 3.8) is 0 Å². The topological polar surface area (TPSA) is 41.9 Å². The number of nitrogens with zero attached hydrogens (tertiary/aromatic N) is 2. The molecule has 2 rings (SSSR count). The zero-order valence-corrected chi connectivity index (χ0v) is 13.4. The Balaban J connectivity index is 1.92. The van der Waals surface area contributed by atoms with Crippen LogP contribution in [0.4, 0.5) is 4.39 Å². The van der Waals surface area contributed by atoms with Gasteiger partial charge in [-0.3, -0.25) is 4.79 Å². The molecular weight excluding hydrogens is 283 g/mol. The van der Waals surface area contributed by atoms with E-state index in [1.54, 1.807) is 11.0 Å². The van der Waals surface area contributed by atoms with E-state index >= 15 is 0 Å². The number of amides is 1. The van der Waals surface area contributed by atoms with Crippen LogP contribution in [0, 0.1) is 11.7 Å². The Hall–Kier alpha value is -1.91. The minimum atomic E-state index is -0.286. The first-order valence-electron chi connectivity index (χ1n) is 7.76. The molecule has 0 aliphatic carbocycles. The van der Waals surface area contributed by atoms with E-state index in [1.807, 2.05) is 26.8 Å². The van der Waals surface area contributed by atoms with Crippen LogP contribution in [-0.2, 0) is 9.63 Å². The van der Waals surface area contributed by atoms with Gasteiger partial charge in [-0.1, -0.05) is 31.1 Å². The predicted molar refractivity (Wildman–Crippen MR) is 84.1 cm³/mol. The fourth-order valence-electron chi connectivity index (χ4n) is 2.50. The molecule has 0 bridgehead atoms. The quantitative estimate of drug-likeness (QED) is 0.810. The van der Waals surface area contributed by atoms with Gasteiger partial charge in [-0.15, -0.1) is 0 Å². The Morgan fingerprint density at radius 2 is 2.27 bits per heavy atom. The molecule has 0 saturated carbocycles. The minimum Gasteiger partial charge on any atom is -0.390 e. The summed E-state index contributed by atoms with van der Waals surface area (Å²) in [5.74, 6) is 0.191. The van der Waals surface area contributed by atoms with E-state index in [0.717, 1.165) is 11.3 Å². The highest BCUT2D eigenvalue weighted by molar-refractivity contribution is 6.01. The Bertz CT molecular complexity index is 557. The molecule has 4 nitrogen and oxygen atoms in total. The van der Waals surface area contributed by atoms with E-state index in [0.29, 0.717) is 31.8 Å². The van der Waals surface area contributed by atoms with Crippen LogP contribution >= 0.6 is 0 Å². The van der Waals surface area contributed by atoms with Crippen LogP contribution in [0.5, 0.6) is 0 Å². The Morgan fingerprint density at radius 3 is 2.91 bits per heavy atom. The summed E-state index contributed by atoms with van der Waals surface area (Å²) < 4.78 is 13.3. The van der Waals surface area contributed by atoms with Crippen LogP contribution < -0.4 is 0 Å². The van der Waals surface area contributed by atoms with Crippen molar-refractivity contribution in [2.75, 3.05) is 13.1 Å². The van der Waals surface area contributed by atoms with Crippen molar-refractivity contribution in [1.29, 1.82) is 0 Å². The van der Waals surface area contributed by atoms with Gasteiger partial charge in [-0.2, -0.15) is 0 Å². The van der Waals surface area contributed by atoms with Gasteiger partial charge in [-0.05, 0) is 25.0 Å². The molecule has 0 spiro atoms. The van der Waals surface area contributed by atoms with Gasteiger partial charge in [-0.25, -0.2) is 4.39 Å². The molecule has 1 aliphatic heterocycles. The summed E-state index contributed by atoms with van der Waals surface area (Å²) in [5.41, 5.74) is 1.47. The second kappa shape index (κ2) is 7.38. The van der Waals surface area contributed by atoms with Gasteiger partial charge in [0.1, 0.15) is 5.82 Å². The first-order chi connectivity index (χ1) is 10.5. The van der Waals surface area contributed by atoms with Gasteiger partial charge in [0, 0.05) is 24.9 Å². The minimum absolute atomic E-state index is 0.139. The molecule has 1 amide bonds. The highest BCUT2D eigenvalue weighted by Gasteiger charge is 2.26. The van der Waals surface area contributed by atoms with Crippen LogP contribution in [0.1, 0.15) is 39.2 Å². The van der Waals surface area contributed by atoms with E-state index in [2.05, 4.69) is 5.16 Å². The highest BCUT2D eigenvalue weighted by atomic mass is 19.1. The summed E-state index contributed by atoms with van der Waals surface area (Å²) in [7, 11) is 0. The van der Waals surface area contributed by atoms with Crippen LogP contribution in [0.25, 0.3) is 0 Å². The van der Waals surface area contributed by atoms with E-state index in [4.69, 9.17) is 4.84 Å². The van der Waals surface area contributed by atoms with Crippen LogP contribution in [-0.4, -0.2) is 35.7 Å². The number of oxime groups is 1. The number of hydrogen-bond donors (Lipinski definition) is 0. The molecule has 0 unspecified atom stereocenters. The Labute approximate surface area is 130 Å². The van der Waals surface area contributed by atoms with E-state index in [9.17, 15) is 9.18 Å². The molecule has 1 heterocycles. The van der Waals surface area contributed by atoms with Crippen molar-refractivity contribution >= 4 is 11.6 Å². The van der Waals surface area contributed by atoms with Crippen molar-refractivity contribution in [2.24, 2.45) is 11.1 Å². The smallest absolute Gasteiger partial charge is 0.222 e. The molecule has 120 valence electrons.